The van der Waals surface area contributed by atoms with Gasteiger partial charge in [-0.1, -0.05) is 48.0 Å². The summed E-state index contributed by atoms with van der Waals surface area (Å²) in [7, 11) is 9.25. The molecule has 2 aliphatic rings. The monoisotopic (exact) mass is 622 g/mol. The van der Waals surface area contributed by atoms with Crippen molar-refractivity contribution >= 4 is 80.6 Å². The molecule has 2 heterocycles. The van der Waals surface area contributed by atoms with Crippen LogP contribution in [-0.2, 0) is 9.59 Å². The molecule has 0 saturated carbocycles. The van der Waals surface area contributed by atoms with Crippen LogP contribution in [0.15, 0.2) is 34.1 Å². The molecule has 0 aliphatic carbocycles. The number of ether oxygens (including phenoxy) is 6. The lowest BCUT2D eigenvalue weighted by atomic mass is 10.1. The lowest BCUT2D eigenvalue weighted by Gasteiger charge is -2.12. The van der Waals surface area contributed by atoms with Crippen LogP contribution in [0.25, 0.3) is 12.2 Å². The Morgan fingerprint density at radius 3 is 1.07 bits per heavy atom. The minimum absolute atomic E-state index is 0.200. The van der Waals surface area contributed by atoms with Gasteiger partial charge in [-0.15, -0.1) is 0 Å². The Hall–Kier alpha value is -3.46. The van der Waals surface area contributed by atoms with Crippen LogP contribution in [0.3, 0.4) is 0 Å². The van der Waals surface area contributed by atoms with Gasteiger partial charge in [0.05, 0.1) is 52.5 Å². The number of rotatable bonds is 8. The molecule has 2 aromatic rings. The van der Waals surface area contributed by atoms with Gasteiger partial charge in [0.2, 0.25) is 11.5 Å². The molecule has 212 valence electrons. The largest absolute Gasteiger partial charge is 0.493 e. The number of nitrogens with one attached hydrogen (secondary N) is 2. The summed E-state index contributed by atoms with van der Waals surface area (Å²) < 4.78 is 32.5. The van der Waals surface area contributed by atoms with E-state index in [0.717, 1.165) is 11.1 Å². The van der Waals surface area contributed by atoms with Gasteiger partial charge in [-0.25, -0.2) is 0 Å². The lowest BCUT2D eigenvalue weighted by molar-refractivity contribution is -0.116. The molecule has 0 spiro atoms. The maximum absolute atomic E-state index is 11.6. The molecule has 2 N–H and O–H groups in total. The molecule has 40 heavy (non-hydrogen) atoms. The van der Waals surface area contributed by atoms with E-state index in [1.165, 1.54) is 37.7 Å². The molecule has 0 radical (unpaired) electrons. The zero-order valence-corrected chi connectivity index (χ0v) is 25.6. The van der Waals surface area contributed by atoms with E-state index in [0.29, 0.717) is 52.9 Å². The number of carbonyl (C=O) groups is 2. The highest BCUT2D eigenvalue weighted by Crippen LogP contribution is 2.40. The van der Waals surface area contributed by atoms with E-state index < -0.39 is 0 Å². The summed E-state index contributed by atoms with van der Waals surface area (Å²) in [4.78, 5) is 24.4. The third kappa shape index (κ3) is 7.38. The highest BCUT2D eigenvalue weighted by molar-refractivity contribution is 8.27. The molecule has 4 rings (SSSR count). The second kappa shape index (κ2) is 14.3. The first-order valence-electron chi connectivity index (χ1n) is 11.3. The molecular weight excluding hydrogens is 597 g/mol. The summed E-state index contributed by atoms with van der Waals surface area (Å²) in [5.74, 6) is 2.75. The van der Waals surface area contributed by atoms with Crippen molar-refractivity contribution in [3.05, 3.63) is 45.2 Å². The van der Waals surface area contributed by atoms with Crippen LogP contribution in [0.4, 0.5) is 0 Å². The van der Waals surface area contributed by atoms with E-state index >= 15 is 0 Å². The van der Waals surface area contributed by atoms with Gasteiger partial charge >= 0.3 is 0 Å². The van der Waals surface area contributed by atoms with Crippen molar-refractivity contribution in [1.29, 1.82) is 0 Å². The van der Waals surface area contributed by atoms with Crippen molar-refractivity contribution in [2.45, 2.75) is 0 Å². The van der Waals surface area contributed by atoms with Crippen molar-refractivity contribution in [2.24, 2.45) is 0 Å². The molecule has 2 amide bonds. The van der Waals surface area contributed by atoms with Crippen molar-refractivity contribution < 1.29 is 38.0 Å². The highest BCUT2D eigenvalue weighted by atomic mass is 32.2. The molecule has 2 saturated heterocycles. The molecule has 0 bridgehead atoms. The smallest absolute Gasteiger partial charge is 0.263 e. The van der Waals surface area contributed by atoms with Crippen molar-refractivity contribution in [1.82, 2.24) is 10.6 Å². The summed E-state index contributed by atoms with van der Waals surface area (Å²) in [6.45, 7) is 0. The van der Waals surface area contributed by atoms with Gasteiger partial charge in [-0.05, 0) is 47.5 Å². The van der Waals surface area contributed by atoms with Gasteiger partial charge in [-0.3, -0.25) is 9.59 Å². The van der Waals surface area contributed by atoms with Crippen LogP contribution in [0.5, 0.6) is 34.5 Å². The number of hydrogen-bond acceptors (Lipinski definition) is 12. The predicted octanol–water partition coefficient (Wildman–Crippen LogP) is 4.40. The van der Waals surface area contributed by atoms with E-state index in [-0.39, 0.29) is 11.8 Å². The number of thiocarbonyl (C=S) groups is 2. The molecule has 0 atom stereocenters. The molecule has 10 nitrogen and oxygen atoms in total. The lowest BCUT2D eigenvalue weighted by Crippen LogP contribution is -2.17. The van der Waals surface area contributed by atoms with Gasteiger partial charge in [0, 0.05) is 0 Å². The first-order chi connectivity index (χ1) is 19.2. The fourth-order valence-electron chi connectivity index (χ4n) is 3.51. The fraction of sp³-hybridized carbons (Fsp3) is 0.231. The average molecular weight is 623 g/mol. The van der Waals surface area contributed by atoms with Crippen LogP contribution in [0.2, 0.25) is 0 Å². The summed E-state index contributed by atoms with van der Waals surface area (Å²) in [6, 6.07) is 7.07. The van der Waals surface area contributed by atoms with Gasteiger partial charge in [0.15, 0.2) is 23.0 Å². The van der Waals surface area contributed by atoms with Crippen LogP contribution in [-0.4, -0.2) is 63.1 Å². The molecule has 2 aliphatic heterocycles. The van der Waals surface area contributed by atoms with E-state index in [1.54, 1.807) is 64.9 Å². The third-order valence-electron chi connectivity index (χ3n) is 5.25. The highest BCUT2D eigenvalue weighted by Gasteiger charge is 2.24. The maximum atomic E-state index is 11.6. The zero-order chi connectivity index (χ0) is 29.4. The van der Waals surface area contributed by atoms with Gasteiger partial charge < -0.3 is 39.1 Å². The Kier molecular flexibility index (Phi) is 11.1. The Balaban J connectivity index is 0.000000220. The zero-order valence-electron chi connectivity index (χ0n) is 22.4. The first-order valence-corrected chi connectivity index (χ1v) is 13.7. The van der Waals surface area contributed by atoms with Crippen molar-refractivity contribution in [3.63, 3.8) is 0 Å². The SMILES string of the molecule is COc1cc(/C=C2\SC(=S)NC2=O)cc(OC)c1OC.COc1cc(/C=C2\SC(=S)NC2=O)cc(OC)c1OC. The first kappa shape index (κ1) is 31.1. The Morgan fingerprint density at radius 1 is 0.575 bits per heavy atom. The average Bonchev–Trinajstić information content (AvgIpc) is 3.44. The number of amides is 2. The number of benzene rings is 2. The predicted molar refractivity (Wildman–Crippen MR) is 165 cm³/mol. The second-order valence-corrected chi connectivity index (χ2v) is 11.1. The van der Waals surface area contributed by atoms with Crippen molar-refractivity contribution in [2.75, 3.05) is 42.7 Å². The Bertz CT molecular complexity index is 1250. The summed E-state index contributed by atoms with van der Waals surface area (Å²) in [5, 5.41) is 5.13. The molecule has 2 aromatic carbocycles. The van der Waals surface area contributed by atoms with Gasteiger partial charge in [-0.2, -0.15) is 0 Å². The van der Waals surface area contributed by atoms with E-state index in [9.17, 15) is 9.59 Å². The van der Waals surface area contributed by atoms with Crippen LogP contribution >= 0.6 is 48.0 Å². The molecule has 0 unspecified atom stereocenters. The number of thioether (sulfide) groups is 2. The van der Waals surface area contributed by atoms with E-state index in [4.69, 9.17) is 52.9 Å². The topological polar surface area (TPSA) is 114 Å². The Morgan fingerprint density at radius 2 is 0.875 bits per heavy atom. The van der Waals surface area contributed by atoms with Crippen LogP contribution in [0.1, 0.15) is 11.1 Å². The Labute approximate surface area is 250 Å². The summed E-state index contributed by atoms with van der Waals surface area (Å²) in [6.07, 6.45) is 3.45. The number of carbonyl (C=O) groups excluding carboxylic acids is 2. The van der Waals surface area contributed by atoms with Gasteiger partial charge in [0.1, 0.15) is 8.64 Å². The quantitative estimate of drug-likeness (QED) is 0.321. The molecular formula is C26H26N2O8S4. The van der Waals surface area contributed by atoms with Crippen molar-refractivity contribution in [3.8, 4) is 34.5 Å². The second-order valence-electron chi connectivity index (χ2n) is 7.62. The van der Waals surface area contributed by atoms with Crippen LogP contribution in [0, 0.1) is 0 Å². The van der Waals surface area contributed by atoms with Crippen LogP contribution < -0.4 is 39.1 Å². The standard InChI is InChI=1S/2C13H13NO4S2/c2*1-16-8-4-7(5-9(17-2)11(8)18-3)6-10-12(15)14-13(19)20-10/h2*4-6H,1-3H3,(H,14,15,19)/b2*10-6-. The minimum Gasteiger partial charge on any atom is -0.493 e. The minimum atomic E-state index is -0.200. The van der Waals surface area contributed by atoms with E-state index in [1.807, 2.05) is 0 Å². The summed E-state index contributed by atoms with van der Waals surface area (Å²) in [5.41, 5.74) is 1.53. The number of hydrogen-bond donors (Lipinski definition) is 2. The fourth-order valence-corrected chi connectivity index (χ4v) is 5.60. The third-order valence-corrected chi connectivity index (χ3v) is 7.58. The molecule has 0 aromatic heterocycles. The van der Waals surface area contributed by atoms with E-state index in [2.05, 4.69) is 10.6 Å². The summed E-state index contributed by atoms with van der Waals surface area (Å²) >= 11 is 12.3. The molecule has 2 fully saturated rings. The number of methoxy groups -OCH3 is 6. The van der Waals surface area contributed by atoms with Gasteiger partial charge in [0.25, 0.3) is 11.8 Å². The normalized spacial score (nSPS) is 16.2. The molecule has 14 heteroatoms. The maximum Gasteiger partial charge on any atom is 0.263 e.